The fourth-order valence-electron chi connectivity index (χ4n) is 1.86. The molecule has 1 saturated heterocycles. The number of rotatable bonds is 5. The summed E-state index contributed by atoms with van der Waals surface area (Å²) in [5, 5.41) is 6.30. The second-order valence-electron chi connectivity index (χ2n) is 5.06. The van der Waals surface area contributed by atoms with Crippen LogP contribution in [0, 0.1) is 5.92 Å². The summed E-state index contributed by atoms with van der Waals surface area (Å²) in [5.41, 5.74) is 0. The first-order valence-corrected chi connectivity index (χ1v) is 6.31. The lowest BCUT2D eigenvalue weighted by atomic mass is 10.1. The minimum Gasteiger partial charge on any atom is -0.355 e. The molecule has 1 atom stereocenters. The minimum absolute atomic E-state index is 0.161. The summed E-state index contributed by atoms with van der Waals surface area (Å²) in [6.07, 6.45) is 1.06. The molecule has 94 valence electrons. The first-order valence-electron chi connectivity index (χ1n) is 6.31. The zero-order valence-corrected chi connectivity index (χ0v) is 10.8. The van der Waals surface area contributed by atoms with Crippen molar-refractivity contribution >= 4 is 5.91 Å². The molecule has 0 aliphatic carbocycles. The zero-order valence-electron chi connectivity index (χ0n) is 10.8. The van der Waals surface area contributed by atoms with Gasteiger partial charge in [0.1, 0.15) is 0 Å². The summed E-state index contributed by atoms with van der Waals surface area (Å²) in [4.78, 5) is 13.9. The van der Waals surface area contributed by atoms with Crippen LogP contribution in [0.4, 0.5) is 0 Å². The Hall–Kier alpha value is -0.610. The predicted octanol–water partition coefficient (Wildman–Crippen LogP) is 0.442. The highest BCUT2D eigenvalue weighted by molar-refractivity contribution is 5.78. The molecule has 0 radical (unpaired) electrons. The van der Waals surface area contributed by atoms with Crippen molar-refractivity contribution in [2.45, 2.75) is 33.2 Å². The molecule has 1 heterocycles. The summed E-state index contributed by atoms with van der Waals surface area (Å²) in [6.45, 7) is 10.8. The molecule has 0 aromatic rings. The van der Waals surface area contributed by atoms with Crippen molar-refractivity contribution in [1.82, 2.24) is 15.5 Å². The number of carbonyl (C=O) groups is 1. The Morgan fingerprint density at radius 2 is 2.31 bits per heavy atom. The van der Waals surface area contributed by atoms with Gasteiger partial charge in [-0.05, 0) is 19.3 Å². The summed E-state index contributed by atoms with van der Waals surface area (Å²) < 4.78 is 0. The number of hydrogen-bond donors (Lipinski definition) is 2. The lowest BCUT2D eigenvalue weighted by Crippen LogP contribution is -2.52. The van der Waals surface area contributed by atoms with Gasteiger partial charge in [-0.15, -0.1) is 0 Å². The molecule has 0 aromatic heterocycles. The highest BCUT2D eigenvalue weighted by Gasteiger charge is 2.19. The number of nitrogens with zero attached hydrogens (tertiary/aromatic N) is 1. The predicted molar refractivity (Wildman–Crippen MR) is 66.4 cm³/mol. The van der Waals surface area contributed by atoms with Crippen molar-refractivity contribution in [2.24, 2.45) is 5.92 Å². The molecule has 0 saturated carbocycles. The van der Waals surface area contributed by atoms with Gasteiger partial charge >= 0.3 is 0 Å². The van der Waals surface area contributed by atoms with E-state index in [1.165, 1.54) is 0 Å². The van der Waals surface area contributed by atoms with E-state index < -0.39 is 0 Å². The Balaban J connectivity index is 2.17. The number of piperazine rings is 1. The third-order valence-corrected chi connectivity index (χ3v) is 3.03. The monoisotopic (exact) mass is 227 g/mol. The number of amides is 1. The molecule has 0 spiro atoms. The van der Waals surface area contributed by atoms with E-state index in [-0.39, 0.29) is 5.91 Å². The average Bonchev–Trinajstić information content (AvgIpc) is 2.21. The number of carbonyl (C=O) groups excluding carboxylic acids is 1. The normalized spacial score (nSPS) is 22.4. The van der Waals surface area contributed by atoms with Gasteiger partial charge in [-0.25, -0.2) is 0 Å². The van der Waals surface area contributed by atoms with E-state index in [0.29, 0.717) is 18.5 Å². The van der Waals surface area contributed by atoms with Crippen molar-refractivity contribution in [3.8, 4) is 0 Å². The molecule has 2 N–H and O–H groups in total. The van der Waals surface area contributed by atoms with Gasteiger partial charge in [-0.1, -0.05) is 13.8 Å². The molecular formula is C12H25N3O. The maximum absolute atomic E-state index is 11.7. The van der Waals surface area contributed by atoms with Crippen LogP contribution in [-0.4, -0.2) is 49.6 Å². The Bertz CT molecular complexity index is 218. The molecular weight excluding hydrogens is 202 g/mol. The fraction of sp³-hybridized carbons (Fsp3) is 0.917. The molecule has 0 bridgehead atoms. The highest BCUT2D eigenvalue weighted by Crippen LogP contribution is 2.01. The SMILES string of the molecule is CC(C)CCNC(=O)CN1CCNC[C@@H]1C. The van der Waals surface area contributed by atoms with Crippen molar-refractivity contribution in [3.05, 3.63) is 0 Å². The molecule has 1 aliphatic heterocycles. The van der Waals surface area contributed by atoms with E-state index in [4.69, 9.17) is 0 Å². The first kappa shape index (κ1) is 13.5. The van der Waals surface area contributed by atoms with Gasteiger partial charge in [0.05, 0.1) is 6.54 Å². The van der Waals surface area contributed by atoms with E-state index in [9.17, 15) is 4.79 Å². The maximum atomic E-state index is 11.7. The minimum atomic E-state index is 0.161. The molecule has 4 nitrogen and oxygen atoms in total. The van der Waals surface area contributed by atoms with Crippen molar-refractivity contribution in [3.63, 3.8) is 0 Å². The van der Waals surface area contributed by atoms with E-state index in [1.54, 1.807) is 0 Å². The van der Waals surface area contributed by atoms with E-state index in [1.807, 2.05) is 0 Å². The third kappa shape index (κ3) is 4.94. The summed E-state index contributed by atoms with van der Waals surface area (Å²) in [5.74, 6) is 0.813. The Morgan fingerprint density at radius 1 is 1.56 bits per heavy atom. The maximum Gasteiger partial charge on any atom is 0.234 e. The Morgan fingerprint density at radius 3 is 2.94 bits per heavy atom. The topological polar surface area (TPSA) is 44.4 Å². The second-order valence-corrected chi connectivity index (χ2v) is 5.06. The third-order valence-electron chi connectivity index (χ3n) is 3.03. The van der Waals surface area contributed by atoms with Gasteiger partial charge in [0, 0.05) is 32.2 Å². The standard InChI is InChI=1S/C12H25N3O/c1-10(2)4-5-14-12(16)9-15-7-6-13-8-11(15)3/h10-11,13H,4-9H2,1-3H3,(H,14,16)/t11-/m0/s1. The summed E-state index contributed by atoms with van der Waals surface area (Å²) in [6, 6.07) is 0.463. The lowest BCUT2D eigenvalue weighted by Gasteiger charge is -2.33. The molecule has 1 fully saturated rings. The van der Waals surface area contributed by atoms with Crippen LogP contribution in [0.15, 0.2) is 0 Å². The van der Waals surface area contributed by atoms with Gasteiger partial charge in [0.15, 0.2) is 0 Å². The Kier molecular flexibility index (Phi) is 5.77. The molecule has 16 heavy (non-hydrogen) atoms. The quantitative estimate of drug-likeness (QED) is 0.716. The van der Waals surface area contributed by atoms with Crippen molar-refractivity contribution < 1.29 is 4.79 Å². The van der Waals surface area contributed by atoms with E-state index in [0.717, 1.165) is 32.6 Å². The second kappa shape index (κ2) is 6.86. The zero-order chi connectivity index (χ0) is 12.0. The van der Waals surface area contributed by atoms with Crippen LogP contribution in [0.5, 0.6) is 0 Å². The van der Waals surface area contributed by atoms with Crippen molar-refractivity contribution in [2.75, 3.05) is 32.7 Å². The lowest BCUT2D eigenvalue weighted by molar-refractivity contribution is -0.122. The number of nitrogens with one attached hydrogen (secondary N) is 2. The molecule has 1 aliphatic rings. The fourth-order valence-corrected chi connectivity index (χ4v) is 1.86. The summed E-state index contributed by atoms with van der Waals surface area (Å²) >= 11 is 0. The summed E-state index contributed by atoms with van der Waals surface area (Å²) in [7, 11) is 0. The molecule has 0 aromatic carbocycles. The molecule has 0 unspecified atom stereocenters. The van der Waals surface area contributed by atoms with Crippen LogP contribution >= 0.6 is 0 Å². The van der Waals surface area contributed by atoms with Crippen LogP contribution in [-0.2, 0) is 4.79 Å². The van der Waals surface area contributed by atoms with Crippen LogP contribution in [0.3, 0.4) is 0 Å². The highest BCUT2D eigenvalue weighted by atomic mass is 16.2. The van der Waals surface area contributed by atoms with Crippen LogP contribution in [0.1, 0.15) is 27.2 Å². The van der Waals surface area contributed by atoms with Gasteiger partial charge in [0.2, 0.25) is 5.91 Å². The van der Waals surface area contributed by atoms with Gasteiger partial charge in [-0.2, -0.15) is 0 Å². The van der Waals surface area contributed by atoms with Crippen LogP contribution < -0.4 is 10.6 Å². The molecule has 1 amide bonds. The molecule has 4 heteroatoms. The van der Waals surface area contributed by atoms with Crippen molar-refractivity contribution in [1.29, 1.82) is 0 Å². The van der Waals surface area contributed by atoms with Crippen LogP contribution in [0.2, 0.25) is 0 Å². The number of hydrogen-bond acceptors (Lipinski definition) is 3. The van der Waals surface area contributed by atoms with Crippen LogP contribution in [0.25, 0.3) is 0 Å². The van der Waals surface area contributed by atoms with E-state index in [2.05, 4.69) is 36.3 Å². The Labute approximate surface area is 98.8 Å². The molecule has 1 rings (SSSR count). The smallest absolute Gasteiger partial charge is 0.234 e. The van der Waals surface area contributed by atoms with E-state index >= 15 is 0 Å². The average molecular weight is 227 g/mol. The first-order chi connectivity index (χ1) is 7.59. The largest absolute Gasteiger partial charge is 0.355 e. The van der Waals surface area contributed by atoms with Gasteiger partial charge in [-0.3, -0.25) is 9.69 Å². The van der Waals surface area contributed by atoms with Gasteiger partial charge in [0.25, 0.3) is 0 Å². The van der Waals surface area contributed by atoms with Gasteiger partial charge < -0.3 is 10.6 Å².